The van der Waals surface area contributed by atoms with Crippen LogP contribution in [0.25, 0.3) is 0 Å². The summed E-state index contributed by atoms with van der Waals surface area (Å²) in [6, 6.07) is 8.29. The number of hydrogen-bond acceptors (Lipinski definition) is 4. The molecule has 2 aromatic rings. The molecule has 3 N–H and O–H groups in total. The first-order valence-corrected chi connectivity index (χ1v) is 6.30. The molecular formula is C14H16N4O2. The molecule has 0 fully saturated rings. The van der Waals surface area contributed by atoms with Gasteiger partial charge in [-0.2, -0.15) is 5.10 Å². The van der Waals surface area contributed by atoms with Crippen LogP contribution in [0, 0.1) is 0 Å². The third-order valence-corrected chi connectivity index (χ3v) is 2.82. The van der Waals surface area contributed by atoms with Crippen LogP contribution in [0.4, 0.5) is 5.69 Å². The topological polar surface area (TPSA) is 90.0 Å². The number of nitrogens with two attached hydrogens (primary N) is 1. The van der Waals surface area contributed by atoms with E-state index in [0.717, 1.165) is 12.1 Å². The van der Waals surface area contributed by atoms with Crippen LogP contribution in [0.3, 0.4) is 0 Å². The van der Waals surface area contributed by atoms with Crippen LogP contribution in [0.5, 0.6) is 0 Å². The van der Waals surface area contributed by atoms with E-state index in [-0.39, 0.29) is 5.56 Å². The van der Waals surface area contributed by atoms with Gasteiger partial charge in [-0.1, -0.05) is 12.1 Å². The van der Waals surface area contributed by atoms with Crippen molar-refractivity contribution in [3.8, 4) is 0 Å². The molecule has 0 radical (unpaired) electrons. The quantitative estimate of drug-likeness (QED) is 0.843. The van der Waals surface area contributed by atoms with E-state index in [2.05, 4.69) is 10.4 Å². The zero-order valence-corrected chi connectivity index (χ0v) is 11.2. The Labute approximate surface area is 116 Å². The predicted molar refractivity (Wildman–Crippen MR) is 76.7 cm³/mol. The molecule has 0 atom stereocenters. The molecule has 0 spiro atoms. The summed E-state index contributed by atoms with van der Waals surface area (Å²) in [5, 5.41) is 7.13. The molecule has 0 aliphatic rings. The lowest BCUT2D eigenvalue weighted by Crippen LogP contribution is -2.23. The number of primary amides is 1. The van der Waals surface area contributed by atoms with E-state index >= 15 is 0 Å². The second-order valence-electron chi connectivity index (χ2n) is 4.33. The van der Waals surface area contributed by atoms with Gasteiger partial charge in [0.15, 0.2) is 0 Å². The SMILES string of the molecule is CCNc1cnn(Cc2ccc(C(N)=O)cc2)c(=O)c1. The van der Waals surface area contributed by atoms with Crippen LogP contribution >= 0.6 is 0 Å². The van der Waals surface area contributed by atoms with Crippen molar-refractivity contribution in [2.24, 2.45) is 5.73 Å². The summed E-state index contributed by atoms with van der Waals surface area (Å²) in [5.41, 5.74) is 7.02. The third-order valence-electron chi connectivity index (χ3n) is 2.82. The van der Waals surface area contributed by atoms with Gasteiger partial charge in [0, 0.05) is 18.2 Å². The van der Waals surface area contributed by atoms with E-state index in [9.17, 15) is 9.59 Å². The summed E-state index contributed by atoms with van der Waals surface area (Å²) >= 11 is 0. The number of benzene rings is 1. The Balaban J connectivity index is 2.17. The van der Waals surface area contributed by atoms with Gasteiger partial charge in [-0.05, 0) is 24.6 Å². The molecule has 0 bridgehead atoms. The highest BCUT2D eigenvalue weighted by Gasteiger charge is 2.03. The highest BCUT2D eigenvalue weighted by atomic mass is 16.1. The minimum absolute atomic E-state index is 0.178. The lowest BCUT2D eigenvalue weighted by atomic mass is 10.1. The fraction of sp³-hybridized carbons (Fsp3) is 0.214. The molecular weight excluding hydrogens is 256 g/mol. The van der Waals surface area contributed by atoms with E-state index in [1.165, 1.54) is 10.7 Å². The summed E-state index contributed by atoms with van der Waals surface area (Å²) < 4.78 is 1.36. The number of hydrogen-bond donors (Lipinski definition) is 2. The fourth-order valence-corrected chi connectivity index (χ4v) is 1.80. The van der Waals surface area contributed by atoms with Gasteiger partial charge in [-0.25, -0.2) is 4.68 Å². The first-order valence-electron chi connectivity index (χ1n) is 6.30. The van der Waals surface area contributed by atoms with Crippen molar-refractivity contribution < 1.29 is 4.79 Å². The molecule has 1 aromatic heterocycles. The van der Waals surface area contributed by atoms with Crippen LogP contribution < -0.4 is 16.6 Å². The number of aromatic nitrogens is 2. The standard InChI is InChI=1S/C14H16N4O2/c1-2-16-12-7-13(19)18(17-8-12)9-10-3-5-11(6-4-10)14(15)20/h3-8,16H,2,9H2,1H3,(H2,15,20). The maximum Gasteiger partial charge on any atom is 0.269 e. The normalized spacial score (nSPS) is 10.2. The van der Waals surface area contributed by atoms with Gasteiger partial charge in [0.1, 0.15) is 0 Å². The van der Waals surface area contributed by atoms with Crippen molar-refractivity contribution in [3.05, 3.63) is 58.0 Å². The minimum Gasteiger partial charge on any atom is -0.384 e. The van der Waals surface area contributed by atoms with Gasteiger partial charge in [-0.15, -0.1) is 0 Å². The average Bonchev–Trinajstić information content (AvgIpc) is 2.43. The zero-order valence-electron chi connectivity index (χ0n) is 11.2. The number of nitrogens with zero attached hydrogens (tertiary/aromatic N) is 2. The molecule has 20 heavy (non-hydrogen) atoms. The Hall–Kier alpha value is -2.63. The summed E-state index contributed by atoms with van der Waals surface area (Å²) in [6.45, 7) is 3.04. The van der Waals surface area contributed by atoms with Crippen molar-refractivity contribution in [2.75, 3.05) is 11.9 Å². The van der Waals surface area contributed by atoms with E-state index in [1.54, 1.807) is 30.5 Å². The highest BCUT2D eigenvalue weighted by Crippen LogP contribution is 2.05. The van der Waals surface area contributed by atoms with Gasteiger partial charge in [0.2, 0.25) is 5.91 Å². The van der Waals surface area contributed by atoms with Crippen LogP contribution in [0.15, 0.2) is 41.3 Å². The average molecular weight is 272 g/mol. The zero-order chi connectivity index (χ0) is 14.5. The second-order valence-corrected chi connectivity index (χ2v) is 4.33. The van der Waals surface area contributed by atoms with Gasteiger partial charge in [0.25, 0.3) is 5.56 Å². The van der Waals surface area contributed by atoms with E-state index in [1.807, 2.05) is 6.92 Å². The van der Waals surface area contributed by atoms with Gasteiger partial charge in [-0.3, -0.25) is 9.59 Å². The molecule has 104 valence electrons. The van der Waals surface area contributed by atoms with Crippen LogP contribution in [-0.2, 0) is 6.54 Å². The molecule has 1 heterocycles. The molecule has 2 rings (SSSR count). The number of amides is 1. The first-order chi connectivity index (χ1) is 9.60. The second kappa shape index (κ2) is 6.01. The molecule has 0 saturated carbocycles. The lowest BCUT2D eigenvalue weighted by Gasteiger charge is -2.07. The Morgan fingerprint density at radius 3 is 2.60 bits per heavy atom. The fourth-order valence-electron chi connectivity index (χ4n) is 1.80. The van der Waals surface area contributed by atoms with E-state index < -0.39 is 5.91 Å². The summed E-state index contributed by atoms with van der Waals surface area (Å²) in [5.74, 6) is -0.471. The molecule has 6 heteroatoms. The number of nitrogens with one attached hydrogen (secondary N) is 1. The van der Waals surface area contributed by atoms with E-state index in [4.69, 9.17) is 5.73 Å². The highest BCUT2D eigenvalue weighted by molar-refractivity contribution is 5.92. The van der Waals surface area contributed by atoms with Crippen molar-refractivity contribution >= 4 is 11.6 Å². The number of carbonyl (C=O) groups excluding carboxylic acids is 1. The van der Waals surface area contributed by atoms with Gasteiger partial charge >= 0.3 is 0 Å². The van der Waals surface area contributed by atoms with Crippen molar-refractivity contribution in [1.82, 2.24) is 9.78 Å². The molecule has 0 aliphatic heterocycles. The third kappa shape index (κ3) is 3.23. The maximum absolute atomic E-state index is 11.9. The first kappa shape index (κ1) is 13.8. The van der Waals surface area contributed by atoms with Crippen LogP contribution in [0.2, 0.25) is 0 Å². The Morgan fingerprint density at radius 1 is 1.35 bits per heavy atom. The Kier molecular flexibility index (Phi) is 4.14. The van der Waals surface area contributed by atoms with Crippen LogP contribution in [0.1, 0.15) is 22.8 Å². The van der Waals surface area contributed by atoms with Crippen molar-refractivity contribution in [3.63, 3.8) is 0 Å². The largest absolute Gasteiger partial charge is 0.384 e. The molecule has 6 nitrogen and oxygen atoms in total. The van der Waals surface area contributed by atoms with E-state index in [0.29, 0.717) is 17.8 Å². The lowest BCUT2D eigenvalue weighted by molar-refractivity contribution is 0.100. The Morgan fingerprint density at radius 2 is 2.05 bits per heavy atom. The molecule has 1 aromatic carbocycles. The maximum atomic E-state index is 11.9. The van der Waals surface area contributed by atoms with Crippen LogP contribution in [-0.4, -0.2) is 22.2 Å². The Bertz CT molecular complexity index is 662. The number of anilines is 1. The van der Waals surface area contributed by atoms with Crippen molar-refractivity contribution in [1.29, 1.82) is 0 Å². The molecule has 0 saturated heterocycles. The minimum atomic E-state index is -0.471. The monoisotopic (exact) mass is 272 g/mol. The smallest absolute Gasteiger partial charge is 0.269 e. The predicted octanol–water partition coefficient (Wildman–Crippen LogP) is 0.822. The summed E-state index contributed by atoms with van der Waals surface area (Å²) in [7, 11) is 0. The molecule has 0 unspecified atom stereocenters. The molecule has 1 amide bonds. The number of rotatable bonds is 5. The summed E-state index contributed by atoms with van der Waals surface area (Å²) in [6.07, 6.45) is 1.61. The summed E-state index contributed by atoms with van der Waals surface area (Å²) in [4.78, 5) is 22.9. The molecule has 0 aliphatic carbocycles. The number of carbonyl (C=O) groups is 1. The van der Waals surface area contributed by atoms with Crippen molar-refractivity contribution in [2.45, 2.75) is 13.5 Å². The van der Waals surface area contributed by atoms with Gasteiger partial charge in [0.05, 0.1) is 18.4 Å². The van der Waals surface area contributed by atoms with Gasteiger partial charge < -0.3 is 11.1 Å².